The van der Waals surface area contributed by atoms with Crippen molar-refractivity contribution in [3.8, 4) is 0 Å². The minimum atomic E-state index is -1.14. The smallest absolute Gasteiger partial charge is 0.348 e. The van der Waals surface area contributed by atoms with E-state index in [4.69, 9.17) is 0 Å². The van der Waals surface area contributed by atoms with Gasteiger partial charge in [0, 0.05) is 6.17 Å². The maximum absolute atomic E-state index is 10.5. The third-order valence-electron chi connectivity index (χ3n) is 0.964. The van der Waals surface area contributed by atoms with Gasteiger partial charge in [-0.3, -0.25) is 4.99 Å². The summed E-state index contributed by atoms with van der Waals surface area (Å²) in [5.41, 5.74) is 0. The molecule has 0 aliphatic heterocycles. The van der Waals surface area contributed by atoms with Crippen molar-refractivity contribution in [2.45, 2.75) is 19.6 Å². The van der Waals surface area contributed by atoms with E-state index in [1.54, 1.807) is 0 Å². The van der Waals surface area contributed by atoms with E-state index in [0.29, 0.717) is 0 Å². The Labute approximate surface area is 68.5 Å². The van der Waals surface area contributed by atoms with Crippen LogP contribution in [0.5, 0.6) is 0 Å². The first-order valence-corrected chi connectivity index (χ1v) is 7.24. The standard InChI is InChI=1S/C7H15NO2Si/c1-10-7(9)5-8-6-11(2,3)4/h5H,6H2,1-4H3/b8-5+. The molecule has 0 bridgehead atoms. The van der Waals surface area contributed by atoms with E-state index in [1.807, 2.05) is 0 Å². The summed E-state index contributed by atoms with van der Waals surface area (Å²) < 4.78 is 4.39. The van der Waals surface area contributed by atoms with Gasteiger partial charge in [0.1, 0.15) is 6.21 Å². The molecule has 0 spiro atoms. The summed E-state index contributed by atoms with van der Waals surface area (Å²) in [4.78, 5) is 14.5. The molecule has 0 N–H and O–H groups in total. The van der Waals surface area contributed by atoms with Gasteiger partial charge in [0.2, 0.25) is 0 Å². The van der Waals surface area contributed by atoms with Crippen LogP contribution in [0, 0.1) is 0 Å². The lowest BCUT2D eigenvalue weighted by Crippen LogP contribution is -2.25. The highest BCUT2D eigenvalue weighted by molar-refractivity contribution is 6.76. The number of carbonyl (C=O) groups is 1. The van der Waals surface area contributed by atoms with E-state index >= 15 is 0 Å². The molecule has 3 nitrogen and oxygen atoms in total. The number of aliphatic imine (C=N–C) groups is 1. The van der Waals surface area contributed by atoms with Crippen LogP contribution in [0.3, 0.4) is 0 Å². The number of esters is 1. The average Bonchev–Trinajstić information content (AvgIpc) is 1.85. The molecule has 0 atom stereocenters. The predicted octanol–water partition coefficient (Wildman–Crippen LogP) is 1.11. The van der Waals surface area contributed by atoms with Crippen molar-refractivity contribution in [2.75, 3.05) is 13.3 Å². The largest absolute Gasteiger partial charge is 0.465 e. The molecule has 0 aliphatic rings. The lowest BCUT2D eigenvalue weighted by atomic mass is 10.7. The van der Waals surface area contributed by atoms with E-state index in [1.165, 1.54) is 13.3 Å². The van der Waals surface area contributed by atoms with Gasteiger partial charge in [0.25, 0.3) is 0 Å². The molecule has 0 aromatic rings. The summed E-state index contributed by atoms with van der Waals surface area (Å²) in [5.74, 6) is -0.372. The van der Waals surface area contributed by atoms with Gasteiger partial charge in [-0.15, -0.1) is 0 Å². The fraction of sp³-hybridized carbons (Fsp3) is 0.714. The Balaban J connectivity index is 3.70. The van der Waals surface area contributed by atoms with Gasteiger partial charge in [0.05, 0.1) is 15.2 Å². The van der Waals surface area contributed by atoms with E-state index in [2.05, 4.69) is 29.4 Å². The number of nitrogens with zero attached hydrogens (tertiary/aromatic N) is 1. The van der Waals surface area contributed by atoms with E-state index in [-0.39, 0.29) is 5.97 Å². The first-order valence-electron chi connectivity index (χ1n) is 3.53. The molecule has 0 radical (unpaired) electrons. The van der Waals surface area contributed by atoms with Crippen molar-refractivity contribution in [3.05, 3.63) is 0 Å². The van der Waals surface area contributed by atoms with E-state index < -0.39 is 8.07 Å². The van der Waals surface area contributed by atoms with Crippen LogP contribution >= 0.6 is 0 Å². The lowest BCUT2D eigenvalue weighted by Gasteiger charge is -2.10. The van der Waals surface area contributed by atoms with Crippen LogP contribution in [-0.2, 0) is 9.53 Å². The highest BCUT2D eigenvalue weighted by Crippen LogP contribution is 1.99. The SMILES string of the molecule is COC(=O)/C=N/C[Si](C)(C)C. The fourth-order valence-electron chi connectivity index (χ4n) is 0.447. The van der Waals surface area contributed by atoms with E-state index in [0.717, 1.165) is 6.17 Å². The van der Waals surface area contributed by atoms with Crippen LogP contribution in [0.1, 0.15) is 0 Å². The van der Waals surface area contributed by atoms with Crippen LogP contribution in [-0.4, -0.2) is 33.5 Å². The number of methoxy groups -OCH3 is 1. The topological polar surface area (TPSA) is 38.7 Å². The molecule has 0 aliphatic carbocycles. The lowest BCUT2D eigenvalue weighted by molar-refractivity contribution is -0.132. The monoisotopic (exact) mass is 173 g/mol. The first-order chi connectivity index (χ1) is 4.95. The van der Waals surface area contributed by atoms with Gasteiger partial charge >= 0.3 is 5.97 Å². The highest BCUT2D eigenvalue weighted by atomic mass is 28.3. The van der Waals surface area contributed by atoms with Gasteiger partial charge < -0.3 is 4.74 Å². The molecule has 0 heterocycles. The maximum Gasteiger partial charge on any atom is 0.348 e. The second-order valence-corrected chi connectivity index (χ2v) is 8.99. The number of rotatable bonds is 3. The third kappa shape index (κ3) is 7.25. The molecule has 0 saturated heterocycles. The van der Waals surface area contributed by atoms with Crippen LogP contribution < -0.4 is 0 Å². The molecule has 64 valence electrons. The van der Waals surface area contributed by atoms with Gasteiger partial charge in [0.15, 0.2) is 0 Å². The Kier molecular flexibility index (Phi) is 4.03. The molecule has 0 unspecified atom stereocenters. The van der Waals surface area contributed by atoms with Crippen LogP contribution in [0.4, 0.5) is 0 Å². The second kappa shape index (κ2) is 4.28. The van der Waals surface area contributed by atoms with Gasteiger partial charge in [-0.05, 0) is 0 Å². The first kappa shape index (κ1) is 10.4. The predicted molar refractivity (Wildman–Crippen MR) is 48.7 cm³/mol. The Morgan fingerprint density at radius 2 is 2.09 bits per heavy atom. The van der Waals surface area contributed by atoms with Crippen molar-refractivity contribution in [2.24, 2.45) is 4.99 Å². The molecular formula is C7H15NO2Si. The van der Waals surface area contributed by atoms with Crippen molar-refractivity contribution in [3.63, 3.8) is 0 Å². The molecule has 0 saturated carbocycles. The summed E-state index contributed by atoms with van der Waals surface area (Å²) in [6, 6.07) is 0. The average molecular weight is 173 g/mol. The zero-order valence-electron chi connectivity index (χ0n) is 7.55. The normalized spacial score (nSPS) is 12.0. The Hall–Kier alpha value is -0.643. The quantitative estimate of drug-likeness (QED) is 0.364. The summed E-state index contributed by atoms with van der Waals surface area (Å²) in [6.45, 7) is 6.59. The Morgan fingerprint density at radius 1 is 1.55 bits per heavy atom. The van der Waals surface area contributed by atoms with Crippen LogP contribution in [0.2, 0.25) is 19.6 Å². The Morgan fingerprint density at radius 3 is 2.45 bits per heavy atom. The molecule has 0 rings (SSSR count). The van der Waals surface area contributed by atoms with Crippen molar-refractivity contribution in [1.29, 1.82) is 0 Å². The van der Waals surface area contributed by atoms with Crippen LogP contribution in [0.15, 0.2) is 4.99 Å². The zero-order chi connectivity index (χ0) is 8.91. The molecule has 0 aromatic heterocycles. The molecule has 0 fully saturated rings. The minimum absolute atomic E-state index is 0.372. The summed E-state index contributed by atoms with van der Waals surface area (Å²) in [6.07, 6.45) is 2.03. The van der Waals surface area contributed by atoms with Crippen molar-refractivity contribution < 1.29 is 9.53 Å². The molecular weight excluding hydrogens is 158 g/mol. The summed E-state index contributed by atoms with van der Waals surface area (Å²) >= 11 is 0. The van der Waals surface area contributed by atoms with Crippen LogP contribution in [0.25, 0.3) is 0 Å². The maximum atomic E-state index is 10.5. The zero-order valence-corrected chi connectivity index (χ0v) is 8.55. The molecule has 4 heteroatoms. The number of ether oxygens (including phenoxy) is 1. The van der Waals surface area contributed by atoms with Crippen molar-refractivity contribution in [1.82, 2.24) is 0 Å². The number of hydrogen-bond acceptors (Lipinski definition) is 3. The fourth-order valence-corrected chi connectivity index (χ4v) is 1.09. The van der Waals surface area contributed by atoms with E-state index in [9.17, 15) is 4.79 Å². The molecule has 0 aromatic carbocycles. The van der Waals surface area contributed by atoms with Gasteiger partial charge in [-0.2, -0.15) is 0 Å². The number of hydrogen-bond donors (Lipinski definition) is 0. The van der Waals surface area contributed by atoms with Gasteiger partial charge in [-0.25, -0.2) is 4.79 Å². The minimum Gasteiger partial charge on any atom is -0.465 e. The molecule has 11 heavy (non-hydrogen) atoms. The highest BCUT2D eigenvalue weighted by Gasteiger charge is 2.10. The third-order valence-corrected chi connectivity index (χ3v) is 2.09. The summed E-state index contributed by atoms with van der Waals surface area (Å²) in [7, 11) is 0.208. The summed E-state index contributed by atoms with van der Waals surface area (Å²) in [5, 5.41) is 0. The van der Waals surface area contributed by atoms with Gasteiger partial charge in [-0.1, -0.05) is 19.6 Å². The number of carbonyl (C=O) groups excluding carboxylic acids is 1. The Bertz CT molecular complexity index is 160. The van der Waals surface area contributed by atoms with Crippen molar-refractivity contribution >= 4 is 20.3 Å². The second-order valence-electron chi connectivity index (χ2n) is 3.55. The molecule has 0 amide bonds.